The van der Waals surface area contributed by atoms with Crippen LogP contribution < -0.4 is 9.47 Å². The van der Waals surface area contributed by atoms with Crippen LogP contribution in [0.4, 0.5) is 0 Å². The van der Waals surface area contributed by atoms with Crippen LogP contribution in [-0.4, -0.2) is 6.29 Å². The molecule has 3 aromatic rings. The molecule has 0 saturated heterocycles. The molecule has 0 radical (unpaired) electrons. The molecule has 0 fully saturated rings. The van der Waals surface area contributed by atoms with Crippen molar-refractivity contribution < 1.29 is 9.47 Å². The lowest BCUT2D eigenvalue weighted by Gasteiger charge is -2.17. The maximum Gasteiger partial charge on any atom is 0.238 e. The van der Waals surface area contributed by atoms with Gasteiger partial charge < -0.3 is 9.47 Å². The van der Waals surface area contributed by atoms with Gasteiger partial charge in [-0.2, -0.15) is 0 Å². The fourth-order valence-electron chi connectivity index (χ4n) is 2.19. The summed E-state index contributed by atoms with van der Waals surface area (Å²) in [4.78, 5) is 0. The van der Waals surface area contributed by atoms with E-state index in [1.54, 1.807) is 0 Å². The van der Waals surface area contributed by atoms with Crippen LogP contribution >= 0.6 is 0 Å². The maximum atomic E-state index is 5.91. The van der Waals surface area contributed by atoms with Crippen molar-refractivity contribution in [3.8, 4) is 11.5 Å². The van der Waals surface area contributed by atoms with Crippen LogP contribution in [0.3, 0.4) is 0 Å². The minimum atomic E-state index is -0.344. The zero-order valence-corrected chi connectivity index (χ0v) is 11.3. The molecule has 0 saturated carbocycles. The second-order valence-corrected chi connectivity index (χ2v) is 4.59. The fraction of sp³-hybridized carbons (Fsp3) is 0.111. The Balaban J connectivity index is 1.79. The van der Waals surface area contributed by atoms with Crippen molar-refractivity contribution in [2.75, 3.05) is 0 Å². The summed E-state index contributed by atoms with van der Waals surface area (Å²) in [6, 6.07) is 23.9. The molecule has 0 amide bonds. The first-order chi connectivity index (χ1) is 9.83. The fourth-order valence-corrected chi connectivity index (χ4v) is 2.19. The molecule has 0 spiro atoms. The van der Waals surface area contributed by atoms with Gasteiger partial charge in [0.15, 0.2) is 0 Å². The highest BCUT2D eigenvalue weighted by Gasteiger charge is 2.08. The smallest absolute Gasteiger partial charge is 0.238 e. The van der Waals surface area contributed by atoms with E-state index in [-0.39, 0.29) is 6.29 Å². The number of fused-ring (bicyclic) bond motifs is 1. The summed E-state index contributed by atoms with van der Waals surface area (Å²) in [6.45, 7) is 1.90. The van der Waals surface area contributed by atoms with E-state index < -0.39 is 0 Å². The van der Waals surface area contributed by atoms with Crippen LogP contribution in [0.2, 0.25) is 0 Å². The van der Waals surface area contributed by atoms with Crippen LogP contribution in [0.15, 0.2) is 72.8 Å². The molecule has 3 rings (SSSR count). The predicted molar refractivity (Wildman–Crippen MR) is 81.1 cm³/mol. The molecular formula is C18H16O2. The summed E-state index contributed by atoms with van der Waals surface area (Å²) in [5.41, 5.74) is 0. The van der Waals surface area contributed by atoms with Gasteiger partial charge in [-0.25, -0.2) is 0 Å². The number of rotatable bonds is 4. The van der Waals surface area contributed by atoms with E-state index >= 15 is 0 Å². The van der Waals surface area contributed by atoms with Crippen LogP contribution in [0.5, 0.6) is 11.5 Å². The Kier molecular flexibility index (Phi) is 3.55. The van der Waals surface area contributed by atoms with Gasteiger partial charge in [-0.1, -0.05) is 54.6 Å². The Labute approximate surface area is 118 Å². The quantitative estimate of drug-likeness (QED) is 0.639. The van der Waals surface area contributed by atoms with Gasteiger partial charge in [-0.15, -0.1) is 0 Å². The highest BCUT2D eigenvalue weighted by atomic mass is 16.7. The standard InChI is InChI=1S/C18H16O2/c1-14(19-16-10-3-2-4-11-16)20-18-13-7-9-15-8-5-6-12-17(15)18/h2-14H,1H3. The van der Waals surface area contributed by atoms with Crippen molar-refractivity contribution in [3.63, 3.8) is 0 Å². The number of para-hydroxylation sites is 1. The Morgan fingerprint density at radius 1 is 0.700 bits per heavy atom. The summed E-state index contributed by atoms with van der Waals surface area (Å²) < 4.78 is 11.7. The van der Waals surface area contributed by atoms with Crippen molar-refractivity contribution in [1.29, 1.82) is 0 Å². The van der Waals surface area contributed by atoms with Gasteiger partial charge in [0.05, 0.1) is 0 Å². The summed E-state index contributed by atoms with van der Waals surface area (Å²) in [7, 11) is 0. The molecular weight excluding hydrogens is 248 g/mol. The lowest BCUT2D eigenvalue weighted by atomic mass is 10.1. The van der Waals surface area contributed by atoms with Crippen molar-refractivity contribution in [3.05, 3.63) is 72.8 Å². The summed E-state index contributed by atoms with van der Waals surface area (Å²) in [5, 5.41) is 2.26. The zero-order chi connectivity index (χ0) is 13.8. The van der Waals surface area contributed by atoms with Gasteiger partial charge >= 0.3 is 0 Å². The second kappa shape index (κ2) is 5.66. The topological polar surface area (TPSA) is 18.5 Å². The van der Waals surface area contributed by atoms with Gasteiger partial charge in [0.25, 0.3) is 0 Å². The molecule has 2 nitrogen and oxygen atoms in total. The van der Waals surface area contributed by atoms with Gasteiger partial charge in [0.1, 0.15) is 11.5 Å². The highest BCUT2D eigenvalue weighted by molar-refractivity contribution is 5.88. The number of benzene rings is 3. The molecule has 0 aliphatic rings. The lowest BCUT2D eigenvalue weighted by Crippen LogP contribution is -2.19. The molecule has 3 aromatic carbocycles. The largest absolute Gasteiger partial charge is 0.455 e. The van der Waals surface area contributed by atoms with Gasteiger partial charge in [-0.05, 0) is 23.6 Å². The van der Waals surface area contributed by atoms with Crippen LogP contribution in [0.1, 0.15) is 6.92 Å². The minimum Gasteiger partial charge on any atom is -0.455 e. The van der Waals surface area contributed by atoms with Crippen LogP contribution in [0.25, 0.3) is 10.8 Å². The number of hydrogen-bond acceptors (Lipinski definition) is 2. The zero-order valence-electron chi connectivity index (χ0n) is 11.3. The van der Waals surface area contributed by atoms with E-state index in [9.17, 15) is 0 Å². The van der Waals surface area contributed by atoms with Crippen LogP contribution in [-0.2, 0) is 0 Å². The maximum absolute atomic E-state index is 5.91. The van der Waals surface area contributed by atoms with E-state index in [1.165, 1.54) is 0 Å². The molecule has 2 heteroatoms. The average Bonchev–Trinajstić information content (AvgIpc) is 2.48. The highest BCUT2D eigenvalue weighted by Crippen LogP contribution is 2.26. The summed E-state index contributed by atoms with van der Waals surface area (Å²) in [5.74, 6) is 1.65. The van der Waals surface area contributed by atoms with Gasteiger partial charge in [0, 0.05) is 12.3 Å². The third-order valence-electron chi connectivity index (χ3n) is 3.09. The molecule has 0 aromatic heterocycles. The summed E-state index contributed by atoms with van der Waals surface area (Å²) >= 11 is 0. The molecule has 20 heavy (non-hydrogen) atoms. The summed E-state index contributed by atoms with van der Waals surface area (Å²) in [6.07, 6.45) is -0.344. The molecule has 1 atom stereocenters. The monoisotopic (exact) mass is 264 g/mol. The first kappa shape index (κ1) is 12.5. The van der Waals surface area contributed by atoms with Crippen molar-refractivity contribution >= 4 is 10.8 Å². The van der Waals surface area contributed by atoms with E-state index in [1.807, 2.05) is 61.5 Å². The third kappa shape index (κ3) is 2.75. The SMILES string of the molecule is CC(Oc1ccccc1)Oc1cccc2ccccc12. The Morgan fingerprint density at radius 2 is 1.40 bits per heavy atom. The molecule has 0 aliphatic carbocycles. The molecule has 1 unspecified atom stereocenters. The van der Waals surface area contributed by atoms with Crippen molar-refractivity contribution in [1.82, 2.24) is 0 Å². The van der Waals surface area contributed by atoms with Crippen LogP contribution in [0, 0.1) is 0 Å². The molecule has 0 aliphatic heterocycles. The number of hydrogen-bond donors (Lipinski definition) is 0. The predicted octanol–water partition coefficient (Wildman–Crippen LogP) is 4.64. The minimum absolute atomic E-state index is 0.344. The van der Waals surface area contributed by atoms with E-state index in [0.29, 0.717) is 0 Å². The molecule has 0 heterocycles. The Bertz CT molecular complexity index is 687. The van der Waals surface area contributed by atoms with E-state index in [2.05, 4.69) is 18.2 Å². The molecule has 0 bridgehead atoms. The van der Waals surface area contributed by atoms with Gasteiger partial charge in [0.2, 0.25) is 6.29 Å². The average molecular weight is 264 g/mol. The first-order valence-electron chi connectivity index (χ1n) is 6.69. The van der Waals surface area contributed by atoms with Crippen molar-refractivity contribution in [2.24, 2.45) is 0 Å². The molecule has 0 N–H and O–H groups in total. The first-order valence-corrected chi connectivity index (χ1v) is 6.69. The second-order valence-electron chi connectivity index (χ2n) is 4.59. The number of ether oxygens (including phenoxy) is 2. The molecule has 100 valence electrons. The Hall–Kier alpha value is -2.48. The third-order valence-corrected chi connectivity index (χ3v) is 3.09. The van der Waals surface area contributed by atoms with E-state index in [4.69, 9.17) is 9.47 Å². The lowest BCUT2D eigenvalue weighted by molar-refractivity contribution is 0.0236. The normalized spacial score (nSPS) is 12.1. The van der Waals surface area contributed by atoms with Crippen molar-refractivity contribution in [2.45, 2.75) is 13.2 Å². The van der Waals surface area contributed by atoms with E-state index in [0.717, 1.165) is 22.3 Å². The Morgan fingerprint density at radius 3 is 2.25 bits per heavy atom. The van der Waals surface area contributed by atoms with Gasteiger partial charge in [-0.3, -0.25) is 0 Å².